The predicted molar refractivity (Wildman–Crippen MR) is 163 cm³/mol. The number of rotatable bonds is 17. The second-order valence-electron chi connectivity index (χ2n) is 10.9. The van der Waals surface area contributed by atoms with Gasteiger partial charge in [0.2, 0.25) is 0 Å². The highest BCUT2D eigenvalue weighted by Crippen LogP contribution is 2.33. The second-order valence-corrected chi connectivity index (χ2v) is 10.9. The van der Waals surface area contributed by atoms with Crippen LogP contribution >= 0.6 is 0 Å². The predicted octanol–water partition coefficient (Wildman–Crippen LogP) is 8.86. The summed E-state index contributed by atoms with van der Waals surface area (Å²) in [6.45, 7) is 26.6. The van der Waals surface area contributed by atoms with E-state index in [9.17, 15) is 13.6 Å². The SMILES string of the molecule is C=C(CCNCC(C)C)C/C(C(=C)C)=C(C(C)=NC)\C(=C/C(C)c1cc(F)cc(F)c1)CC(=C)C(=O)CCC. The first-order valence-corrected chi connectivity index (χ1v) is 13.9. The van der Waals surface area contributed by atoms with Gasteiger partial charge < -0.3 is 5.32 Å². The van der Waals surface area contributed by atoms with E-state index in [2.05, 4.69) is 43.9 Å². The van der Waals surface area contributed by atoms with E-state index < -0.39 is 11.6 Å². The molecule has 1 atom stereocenters. The highest BCUT2D eigenvalue weighted by atomic mass is 19.1. The van der Waals surface area contributed by atoms with Crippen molar-refractivity contribution in [1.29, 1.82) is 0 Å². The molecule has 0 aromatic heterocycles. The number of aliphatic imine (C=N–C) groups is 1. The Morgan fingerprint density at radius 3 is 2.15 bits per heavy atom. The van der Waals surface area contributed by atoms with Crippen LogP contribution in [-0.4, -0.2) is 31.6 Å². The van der Waals surface area contributed by atoms with Crippen molar-refractivity contribution in [3.8, 4) is 0 Å². The molecule has 5 heteroatoms. The van der Waals surface area contributed by atoms with Crippen molar-refractivity contribution in [2.75, 3.05) is 20.1 Å². The van der Waals surface area contributed by atoms with Crippen molar-refractivity contribution in [1.82, 2.24) is 5.32 Å². The molecule has 39 heavy (non-hydrogen) atoms. The van der Waals surface area contributed by atoms with Crippen LogP contribution in [0.15, 0.2) is 82.4 Å². The van der Waals surface area contributed by atoms with E-state index in [1.165, 1.54) is 12.1 Å². The van der Waals surface area contributed by atoms with Gasteiger partial charge >= 0.3 is 0 Å². The Hall–Kier alpha value is -2.92. The molecule has 3 nitrogen and oxygen atoms in total. The molecule has 0 bridgehead atoms. The van der Waals surface area contributed by atoms with E-state index in [1.807, 2.05) is 33.8 Å². The van der Waals surface area contributed by atoms with Crippen LogP contribution in [0, 0.1) is 17.6 Å². The van der Waals surface area contributed by atoms with E-state index in [4.69, 9.17) is 0 Å². The minimum Gasteiger partial charge on any atom is -0.316 e. The van der Waals surface area contributed by atoms with Crippen molar-refractivity contribution in [2.24, 2.45) is 10.9 Å². The molecular weight excluding hydrogens is 490 g/mol. The number of Topliss-reactive ketones (excluding diaryl/α,β-unsaturated/α-hetero) is 1. The zero-order chi connectivity index (χ0) is 29.7. The lowest BCUT2D eigenvalue weighted by atomic mass is 9.83. The lowest BCUT2D eigenvalue weighted by Gasteiger charge is -2.22. The molecule has 1 unspecified atom stereocenters. The third-order valence-corrected chi connectivity index (χ3v) is 6.61. The first-order valence-electron chi connectivity index (χ1n) is 13.9. The molecule has 0 aliphatic rings. The Morgan fingerprint density at radius 2 is 1.64 bits per heavy atom. The normalized spacial score (nSPS) is 13.8. The fraction of sp³-hybridized carbons (Fsp3) is 0.471. The number of hydrogen-bond donors (Lipinski definition) is 1. The third kappa shape index (κ3) is 11.8. The monoisotopic (exact) mass is 538 g/mol. The molecule has 0 fully saturated rings. The number of carbonyl (C=O) groups excluding carboxylic acids is 1. The zero-order valence-electron chi connectivity index (χ0n) is 25.1. The van der Waals surface area contributed by atoms with Crippen LogP contribution in [0.2, 0.25) is 0 Å². The molecule has 0 saturated heterocycles. The number of carbonyl (C=O) groups is 1. The van der Waals surface area contributed by atoms with Crippen molar-refractivity contribution < 1.29 is 13.6 Å². The van der Waals surface area contributed by atoms with Crippen LogP contribution in [-0.2, 0) is 4.79 Å². The van der Waals surface area contributed by atoms with Crippen molar-refractivity contribution in [3.63, 3.8) is 0 Å². The summed E-state index contributed by atoms with van der Waals surface area (Å²) in [5, 5.41) is 3.46. The molecule has 1 rings (SSSR count). The summed E-state index contributed by atoms with van der Waals surface area (Å²) in [7, 11) is 1.73. The smallest absolute Gasteiger partial charge is 0.158 e. The minimum atomic E-state index is -0.624. The minimum absolute atomic E-state index is 0.0100. The van der Waals surface area contributed by atoms with Gasteiger partial charge in [0.1, 0.15) is 11.6 Å². The molecule has 0 amide bonds. The molecule has 0 aliphatic heterocycles. The topological polar surface area (TPSA) is 41.5 Å². The Kier molecular flexibility index (Phi) is 14.8. The van der Waals surface area contributed by atoms with E-state index in [1.54, 1.807) is 7.05 Å². The van der Waals surface area contributed by atoms with Crippen LogP contribution in [0.5, 0.6) is 0 Å². The molecule has 1 aromatic rings. The summed E-state index contributed by atoms with van der Waals surface area (Å²) < 4.78 is 28.1. The quantitative estimate of drug-likeness (QED) is 0.0707. The Balaban J connectivity index is 3.66. The summed E-state index contributed by atoms with van der Waals surface area (Å²) in [4.78, 5) is 17.3. The maximum atomic E-state index is 14.0. The fourth-order valence-corrected chi connectivity index (χ4v) is 4.40. The fourth-order valence-electron chi connectivity index (χ4n) is 4.40. The maximum absolute atomic E-state index is 14.0. The largest absolute Gasteiger partial charge is 0.316 e. The molecule has 1 aromatic carbocycles. The van der Waals surface area contributed by atoms with Gasteiger partial charge in [-0.2, -0.15) is 0 Å². The highest BCUT2D eigenvalue weighted by Gasteiger charge is 2.21. The number of allylic oxidation sites excluding steroid dienone is 6. The number of ketones is 1. The second kappa shape index (κ2) is 16.9. The highest BCUT2D eigenvalue weighted by molar-refractivity contribution is 6.04. The lowest BCUT2D eigenvalue weighted by molar-refractivity contribution is -0.115. The van der Waals surface area contributed by atoms with Gasteiger partial charge in [0.05, 0.1) is 0 Å². The first-order chi connectivity index (χ1) is 18.3. The molecule has 0 aliphatic carbocycles. The number of nitrogens with zero attached hydrogens (tertiary/aromatic N) is 1. The van der Waals surface area contributed by atoms with E-state index in [-0.39, 0.29) is 11.7 Å². The third-order valence-electron chi connectivity index (χ3n) is 6.61. The van der Waals surface area contributed by atoms with E-state index in [0.29, 0.717) is 36.3 Å². The Bertz CT molecular complexity index is 1120. The standard InChI is InChI=1S/C34H48F2N2O/c1-11-12-33(39)26(8)17-29(16-25(7)28-18-30(35)20-31(36)19-28)34(27(9)37-10)32(23(4)5)15-24(6)13-14-38-21-22(2)3/h16,18-20,22,25,38H,4,6,8,11-15,17,21H2,1-3,5,7,9-10H3/b29-16-,34-32+,37-27?. The Labute approximate surface area is 235 Å². The maximum Gasteiger partial charge on any atom is 0.158 e. The summed E-state index contributed by atoms with van der Waals surface area (Å²) in [6.07, 6.45) is 4.86. The van der Waals surface area contributed by atoms with Crippen LogP contribution in [0.25, 0.3) is 0 Å². The molecule has 1 N–H and O–H groups in total. The molecule has 0 radical (unpaired) electrons. The number of halogens is 2. The molecule has 214 valence electrons. The average molecular weight is 539 g/mol. The van der Waals surface area contributed by atoms with Crippen molar-refractivity contribution >= 4 is 11.5 Å². The number of benzene rings is 1. The van der Waals surface area contributed by atoms with E-state index in [0.717, 1.165) is 65.6 Å². The van der Waals surface area contributed by atoms with Gasteiger partial charge in [0.25, 0.3) is 0 Å². The lowest BCUT2D eigenvalue weighted by Crippen LogP contribution is -2.21. The van der Waals surface area contributed by atoms with Gasteiger partial charge in [0, 0.05) is 37.2 Å². The molecular formula is C34H48F2N2O. The van der Waals surface area contributed by atoms with Crippen LogP contribution in [0.1, 0.15) is 85.1 Å². The van der Waals surface area contributed by atoms with Crippen LogP contribution in [0.3, 0.4) is 0 Å². The summed E-state index contributed by atoms with van der Waals surface area (Å²) in [5.74, 6) is -0.990. The molecule has 0 heterocycles. The average Bonchev–Trinajstić information content (AvgIpc) is 2.85. The van der Waals surface area contributed by atoms with E-state index >= 15 is 0 Å². The summed E-state index contributed by atoms with van der Waals surface area (Å²) >= 11 is 0. The van der Waals surface area contributed by atoms with Gasteiger partial charge in [-0.15, -0.1) is 0 Å². The first kappa shape index (κ1) is 34.1. The van der Waals surface area contributed by atoms with Gasteiger partial charge in [0.15, 0.2) is 5.78 Å². The molecule has 0 spiro atoms. The van der Waals surface area contributed by atoms with Gasteiger partial charge in [-0.3, -0.25) is 9.79 Å². The molecule has 0 saturated carbocycles. The van der Waals surface area contributed by atoms with Gasteiger partial charge in [-0.25, -0.2) is 8.78 Å². The van der Waals surface area contributed by atoms with Crippen LogP contribution in [0.4, 0.5) is 8.78 Å². The van der Waals surface area contributed by atoms with Crippen molar-refractivity contribution in [3.05, 3.63) is 94.6 Å². The Morgan fingerprint density at radius 1 is 1.03 bits per heavy atom. The van der Waals surface area contributed by atoms with Crippen molar-refractivity contribution in [2.45, 2.75) is 79.6 Å². The van der Waals surface area contributed by atoms with Crippen LogP contribution < -0.4 is 5.32 Å². The summed E-state index contributed by atoms with van der Waals surface area (Å²) in [6, 6.07) is 3.55. The number of nitrogens with one attached hydrogen (secondary N) is 1. The summed E-state index contributed by atoms with van der Waals surface area (Å²) in [5.41, 5.74) is 6.46. The van der Waals surface area contributed by atoms with Gasteiger partial charge in [-0.1, -0.05) is 64.7 Å². The zero-order valence-corrected chi connectivity index (χ0v) is 25.1. The number of hydrogen-bond acceptors (Lipinski definition) is 3. The van der Waals surface area contributed by atoms with Gasteiger partial charge in [-0.05, 0) is 92.5 Å².